The molecule has 0 aromatic heterocycles. The third-order valence-corrected chi connectivity index (χ3v) is 6.26. The number of ether oxygens (including phenoxy) is 1. The number of amides is 2. The number of hydrogen-bond acceptors (Lipinski definition) is 7. The predicted octanol–water partition coefficient (Wildman–Crippen LogP) is 0.653. The Morgan fingerprint density at radius 1 is 1.18 bits per heavy atom. The van der Waals surface area contributed by atoms with Gasteiger partial charge in [0.05, 0.1) is 17.9 Å². The van der Waals surface area contributed by atoms with Crippen molar-refractivity contribution in [3.05, 3.63) is 41.9 Å². The molecule has 3 rings (SSSR count). The fraction of sp³-hybridized carbons (Fsp3) is 0.522. The Bertz CT molecular complexity index is 914. The third kappa shape index (κ3) is 7.16. The number of aliphatic imine (C=N–C) groups is 1. The lowest BCUT2D eigenvalue weighted by Crippen LogP contribution is -2.57. The summed E-state index contributed by atoms with van der Waals surface area (Å²) >= 11 is 0. The summed E-state index contributed by atoms with van der Waals surface area (Å²) in [6, 6.07) is 4.76. The second-order valence-electron chi connectivity index (χ2n) is 8.89. The summed E-state index contributed by atoms with van der Waals surface area (Å²) in [7, 11) is 2.09. The first-order valence-corrected chi connectivity index (χ1v) is 11.4. The van der Waals surface area contributed by atoms with Crippen LogP contribution in [0.25, 0.3) is 0 Å². The molecule has 2 amide bonds. The highest BCUT2D eigenvalue weighted by Crippen LogP contribution is 2.18. The zero-order valence-corrected chi connectivity index (χ0v) is 19.5. The van der Waals surface area contributed by atoms with Gasteiger partial charge in [0.2, 0.25) is 0 Å². The fourth-order valence-electron chi connectivity index (χ4n) is 4.04. The van der Waals surface area contributed by atoms with Gasteiger partial charge >= 0.3 is 6.09 Å². The van der Waals surface area contributed by atoms with Crippen LogP contribution in [-0.4, -0.2) is 79.6 Å². The highest BCUT2D eigenvalue weighted by Gasteiger charge is 2.30. The highest BCUT2D eigenvalue weighted by atomic mass is 19.1. The number of piperidine rings is 2. The van der Waals surface area contributed by atoms with E-state index in [1.807, 2.05) is 0 Å². The van der Waals surface area contributed by atoms with Gasteiger partial charge in [0.25, 0.3) is 5.91 Å². The molecule has 1 aromatic carbocycles. The quantitative estimate of drug-likeness (QED) is 0.257. The molecule has 0 bridgehead atoms. The molecule has 7 N–H and O–H groups in total. The second-order valence-corrected chi connectivity index (χ2v) is 8.89. The van der Waals surface area contributed by atoms with E-state index in [-0.39, 0.29) is 29.6 Å². The molecule has 0 radical (unpaired) electrons. The van der Waals surface area contributed by atoms with Crippen LogP contribution >= 0.6 is 0 Å². The highest BCUT2D eigenvalue weighted by molar-refractivity contribution is 6.20. The van der Waals surface area contributed by atoms with Crippen molar-refractivity contribution in [2.45, 2.75) is 31.3 Å². The monoisotopic (exact) mass is 475 g/mol. The van der Waals surface area contributed by atoms with Crippen LogP contribution in [0.2, 0.25) is 0 Å². The summed E-state index contributed by atoms with van der Waals surface area (Å²) in [5.41, 5.74) is 18.1. The van der Waals surface area contributed by atoms with Crippen LogP contribution in [0.3, 0.4) is 0 Å². The maximum Gasteiger partial charge on any atom is 0.409 e. The molecule has 0 saturated carbocycles. The molecular formula is C23H34FN7O3. The van der Waals surface area contributed by atoms with E-state index in [0.29, 0.717) is 37.7 Å². The summed E-state index contributed by atoms with van der Waals surface area (Å²) in [6.07, 6.45) is 3.65. The Morgan fingerprint density at radius 2 is 1.85 bits per heavy atom. The maximum atomic E-state index is 13.1. The van der Waals surface area contributed by atoms with Crippen LogP contribution in [0.5, 0.6) is 0 Å². The van der Waals surface area contributed by atoms with Crippen LogP contribution < -0.4 is 22.5 Å². The molecular weight excluding hydrogens is 441 g/mol. The first-order valence-electron chi connectivity index (χ1n) is 11.4. The number of primary amides is 1. The van der Waals surface area contributed by atoms with Crippen LogP contribution in [0.1, 0.15) is 19.3 Å². The van der Waals surface area contributed by atoms with Gasteiger partial charge in [-0.25, -0.2) is 14.2 Å². The van der Waals surface area contributed by atoms with Crippen molar-refractivity contribution in [1.29, 1.82) is 0 Å². The molecule has 0 aliphatic carbocycles. The number of likely N-dealkylation sites (tertiary alicyclic amines) is 2. The minimum Gasteiger partial charge on any atom is -0.449 e. The van der Waals surface area contributed by atoms with Gasteiger partial charge in [-0.15, -0.1) is 0 Å². The summed E-state index contributed by atoms with van der Waals surface area (Å²) in [5, 5.41) is 3.08. The Hall–Kier alpha value is -3.18. The van der Waals surface area contributed by atoms with Crippen molar-refractivity contribution < 1.29 is 18.7 Å². The number of halogens is 1. The van der Waals surface area contributed by atoms with Gasteiger partial charge in [0.1, 0.15) is 11.7 Å². The van der Waals surface area contributed by atoms with Crippen LogP contribution in [-0.2, 0) is 9.53 Å². The van der Waals surface area contributed by atoms with E-state index in [9.17, 15) is 14.0 Å². The Kier molecular flexibility index (Phi) is 8.83. The molecule has 2 aliphatic heterocycles. The van der Waals surface area contributed by atoms with Gasteiger partial charge in [0, 0.05) is 31.4 Å². The molecule has 2 fully saturated rings. The van der Waals surface area contributed by atoms with Crippen LogP contribution in [0.15, 0.2) is 41.0 Å². The topological polar surface area (TPSA) is 152 Å². The first-order chi connectivity index (χ1) is 16.2. The summed E-state index contributed by atoms with van der Waals surface area (Å²) in [4.78, 5) is 32.4. The second kappa shape index (κ2) is 11.8. The number of benzene rings is 1. The fourth-order valence-corrected chi connectivity index (χ4v) is 4.04. The van der Waals surface area contributed by atoms with Crippen LogP contribution in [0, 0.1) is 11.7 Å². The molecule has 2 aliphatic rings. The Labute approximate surface area is 199 Å². The van der Waals surface area contributed by atoms with Gasteiger partial charge in [-0.1, -0.05) is 0 Å². The van der Waals surface area contributed by atoms with Gasteiger partial charge in [-0.05, 0) is 69.6 Å². The number of amidine groups is 1. The van der Waals surface area contributed by atoms with E-state index >= 15 is 0 Å². The molecule has 11 heteroatoms. The molecule has 0 spiro atoms. The van der Waals surface area contributed by atoms with Gasteiger partial charge in [-0.2, -0.15) is 0 Å². The molecule has 0 unspecified atom stereocenters. The smallest absolute Gasteiger partial charge is 0.409 e. The lowest BCUT2D eigenvalue weighted by Gasteiger charge is -2.36. The zero-order chi connectivity index (χ0) is 24.7. The lowest BCUT2D eigenvalue weighted by atomic mass is 9.98. The normalized spacial score (nSPS) is 23.0. The van der Waals surface area contributed by atoms with Crippen molar-refractivity contribution >= 4 is 23.5 Å². The number of nitrogens with zero attached hydrogens (tertiary/aromatic N) is 3. The van der Waals surface area contributed by atoms with Gasteiger partial charge in [0.15, 0.2) is 0 Å². The first kappa shape index (κ1) is 25.4. The number of nitrogens with two attached hydrogens (primary N) is 3. The SMILES string of the molecule is CN1CCC(COC(=O)N2CC[C@@H](N/C=C(/C(N)=O)C(N)=Nc3ccc(F)cc3)[C@H](N)C2)CC1. The van der Waals surface area contributed by atoms with Crippen molar-refractivity contribution in [1.82, 2.24) is 15.1 Å². The minimum absolute atomic E-state index is 0.0171. The molecule has 2 saturated heterocycles. The maximum absolute atomic E-state index is 13.1. The zero-order valence-electron chi connectivity index (χ0n) is 19.5. The number of nitrogens with one attached hydrogen (secondary N) is 1. The van der Waals surface area contributed by atoms with E-state index < -0.39 is 11.7 Å². The number of hydrogen-bond donors (Lipinski definition) is 4. The van der Waals surface area contributed by atoms with E-state index in [1.165, 1.54) is 30.5 Å². The number of carbonyl (C=O) groups excluding carboxylic acids is 2. The Balaban J connectivity index is 1.52. The molecule has 34 heavy (non-hydrogen) atoms. The predicted molar refractivity (Wildman–Crippen MR) is 128 cm³/mol. The van der Waals surface area contributed by atoms with Crippen LogP contribution in [0.4, 0.5) is 14.9 Å². The summed E-state index contributed by atoms with van der Waals surface area (Å²) in [6.45, 7) is 3.25. The summed E-state index contributed by atoms with van der Waals surface area (Å²) < 4.78 is 18.6. The largest absolute Gasteiger partial charge is 0.449 e. The minimum atomic E-state index is -0.764. The molecule has 10 nitrogen and oxygen atoms in total. The van der Waals surface area contributed by atoms with Gasteiger partial charge in [-0.3, -0.25) is 4.79 Å². The standard InChI is InChI=1S/C23H34FN7O3/c1-30-9-6-15(7-10-30)14-34-23(33)31-11-8-20(19(25)13-31)28-12-18(22(27)32)21(26)29-17-4-2-16(24)3-5-17/h2-5,12,15,19-20,28H,6-11,13-14,25H2,1H3,(H2,26,29)(H2,27,32)/b18-12+/t19-,20-/m1/s1. The van der Waals surface area contributed by atoms with E-state index in [0.717, 1.165) is 25.9 Å². The Morgan fingerprint density at radius 3 is 2.47 bits per heavy atom. The molecule has 186 valence electrons. The van der Waals surface area contributed by atoms with E-state index in [1.54, 1.807) is 4.90 Å². The third-order valence-electron chi connectivity index (χ3n) is 6.26. The molecule has 2 atom stereocenters. The van der Waals surface area contributed by atoms with Crippen molar-refractivity contribution in [2.75, 3.05) is 39.8 Å². The number of rotatable bonds is 7. The average Bonchev–Trinajstić information content (AvgIpc) is 2.80. The average molecular weight is 476 g/mol. The molecule has 1 aromatic rings. The van der Waals surface area contributed by atoms with E-state index in [2.05, 4.69) is 22.3 Å². The lowest BCUT2D eigenvalue weighted by molar-refractivity contribution is -0.114. The van der Waals surface area contributed by atoms with Crippen molar-refractivity contribution in [3.63, 3.8) is 0 Å². The van der Waals surface area contributed by atoms with E-state index in [4.69, 9.17) is 21.9 Å². The molecule has 2 heterocycles. The number of carbonyl (C=O) groups is 2. The van der Waals surface area contributed by atoms with Gasteiger partial charge < -0.3 is 37.1 Å². The summed E-state index contributed by atoms with van der Waals surface area (Å²) in [5.74, 6) is -0.877. The van der Waals surface area contributed by atoms with Crippen molar-refractivity contribution in [2.24, 2.45) is 28.1 Å². The van der Waals surface area contributed by atoms with Crippen molar-refractivity contribution in [3.8, 4) is 0 Å².